The van der Waals surface area contributed by atoms with Crippen molar-refractivity contribution >= 4 is 17.1 Å². The summed E-state index contributed by atoms with van der Waals surface area (Å²) in [5.41, 5.74) is 8.57. The summed E-state index contributed by atoms with van der Waals surface area (Å²) in [4.78, 5) is 8.52. The molecule has 0 saturated heterocycles. The van der Waals surface area contributed by atoms with Gasteiger partial charge in [0.1, 0.15) is 5.52 Å². The van der Waals surface area contributed by atoms with E-state index >= 15 is 0 Å². The number of imidazole rings is 1. The summed E-state index contributed by atoms with van der Waals surface area (Å²) in [6.45, 7) is 4.33. The fraction of sp³-hybridized carbons (Fsp3) is 0.455. The Hall–Kier alpha value is -2.38. The number of hydrogen-bond acceptors (Lipinski definition) is 6. The van der Waals surface area contributed by atoms with Crippen molar-refractivity contribution in [2.45, 2.75) is 26.8 Å². The molecule has 0 aliphatic rings. The molecule has 2 N–H and O–H groups in total. The third kappa shape index (κ3) is 1.85. The molecular weight excluding hydrogens is 246 g/mol. The maximum Gasteiger partial charge on any atom is 0.223 e. The standard InChI is InChI=1S/C11H15N7O/c1-6-9-10(17(3)15-6)18(11(12)14-9)5-4-8-13-7(2)19-16-8/h4-5H2,1-3H3,(H2,12,14). The average Bonchev–Trinajstić information content (AvgIpc) is 2.97. The summed E-state index contributed by atoms with van der Waals surface area (Å²) in [5, 5.41) is 8.21. The highest BCUT2D eigenvalue weighted by Crippen LogP contribution is 2.20. The number of nitrogen functional groups attached to an aromatic ring is 1. The van der Waals surface area contributed by atoms with Crippen LogP contribution in [0.3, 0.4) is 0 Å². The summed E-state index contributed by atoms with van der Waals surface area (Å²) in [6.07, 6.45) is 0.636. The molecule has 8 heteroatoms. The van der Waals surface area contributed by atoms with Crippen LogP contribution in [0.4, 0.5) is 5.95 Å². The number of aromatic nitrogens is 6. The zero-order valence-corrected chi connectivity index (χ0v) is 11.1. The molecule has 0 spiro atoms. The monoisotopic (exact) mass is 261 g/mol. The molecule has 0 saturated carbocycles. The summed E-state index contributed by atoms with van der Waals surface area (Å²) in [7, 11) is 1.88. The van der Waals surface area contributed by atoms with Gasteiger partial charge in [0.15, 0.2) is 11.5 Å². The first-order valence-electron chi connectivity index (χ1n) is 6.00. The highest BCUT2D eigenvalue weighted by atomic mass is 16.5. The number of anilines is 1. The zero-order valence-electron chi connectivity index (χ0n) is 11.1. The summed E-state index contributed by atoms with van der Waals surface area (Å²) in [5.74, 6) is 1.71. The van der Waals surface area contributed by atoms with Gasteiger partial charge in [0.05, 0.1) is 5.69 Å². The highest BCUT2D eigenvalue weighted by molar-refractivity contribution is 5.77. The lowest BCUT2D eigenvalue weighted by atomic mass is 10.4. The van der Waals surface area contributed by atoms with Crippen molar-refractivity contribution in [3.63, 3.8) is 0 Å². The molecule has 100 valence electrons. The van der Waals surface area contributed by atoms with Crippen molar-refractivity contribution in [1.82, 2.24) is 29.5 Å². The van der Waals surface area contributed by atoms with Gasteiger partial charge in [-0.25, -0.2) is 4.98 Å². The Labute approximate surface area is 109 Å². The Morgan fingerprint density at radius 3 is 2.74 bits per heavy atom. The van der Waals surface area contributed by atoms with Crippen molar-refractivity contribution in [2.24, 2.45) is 7.05 Å². The molecule has 3 aromatic rings. The van der Waals surface area contributed by atoms with E-state index in [1.165, 1.54) is 0 Å². The van der Waals surface area contributed by atoms with E-state index < -0.39 is 0 Å². The number of fused-ring (bicyclic) bond motifs is 1. The van der Waals surface area contributed by atoms with Gasteiger partial charge in [-0.2, -0.15) is 10.1 Å². The lowest BCUT2D eigenvalue weighted by Crippen LogP contribution is -2.09. The van der Waals surface area contributed by atoms with Gasteiger partial charge >= 0.3 is 0 Å². The Morgan fingerprint density at radius 2 is 2.05 bits per heavy atom. The van der Waals surface area contributed by atoms with Crippen LogP contribution in [0.25, 0.3) is 11.2 Å². The van der Waals surface area contributed by atoms with Gasteiger partial charge < -0.3 is 10.3 Å². The third-order valence-corrected chi connectivity index (χ3v) is 3.05. The molecule has 0 aliphatic heterocycles. The van der Waals surface area contributed by atoms with Crippen LogP contribution in [0.15, 0.2) is 4.52 Å². The predicted molar refractivity (Wildman–Crippen MR) is 68.4 cm³/mol. The number of rotatable bonds is 3. The van der Waals surface area contributed by atoms with Gasteiger partial charge in [-0.05, 0) is 6.92 Å². The van der Waals surface area contributed by atoms with Crippen LogP contribution in [-0.4, -0.2) is 29.5 Å². The van der Waals surface area contributed by atoms with E-state index in [4.69, 9.17) is 10.3 Å². The molecule has 0 unspecified atom stereocenters. The third-order valence-electron chi connectivity index (χ3n) is 3.05. The minimum absolute atomic E-state index is 0.478. The van der Waals surface area contributed by atoms with Crippen LogP contribution in [0, 0.1) is 13.8 Å². The van der Waals surface area contributed by atoms with E-state index in [1.54, 1.807) is 11.6 Å². The zero-order chi connectivity index (χ0) is 13.6. The Morgan fingerprint density at radius 1 is 1.26 bits per heavy atom. The van der Waals surface area contributed by atoms with Crippen LogP contribution < -0.4 is 5.73 Å². The largest absolute Gasteiger partial charge is 0.369 e. The molecule has 3 aromatic heterocycles. The molecule has 0 radical (unpaired) electrons. The van der Waals surface area contributed by atoms with Gasteiger partial charge in [-0.15, -0.1) is 0 Å². The van der Waals surface area contributed by atoms with E-state index in [-0.39, 0.29) is 0 Å². The molecule has 3 heterocycles. The maximum absolute atomic E-state index is 5.95. The molecule has 0 fully saturated rings. The van der Waals surface area contributed by atoms with E-state index in [0.717, 1.165) is 16.9 Å². The normalized spacial score (nSPS) is 11.5. The van der Waals surface area contributed by atoms with Gasteiger partial charge in [-0.1, -0.05) is 5.16 Å². The van der Waals surface area contributed by atoms with Crippen LogP contribution in [0.5, 0.6) is 0 Å². The summed E-state index contributed by atoms with van der Waals surface area (Å²) < 4.78 is 8.65. The summed E-state index contributed by atoms with van der Waals surface area (Å²) in [6, 6.07) is 0. The second-order valence-corrected chi connectivity index (χ2v) is 4.48. The van der Waals surface area contributed by atoms with Gasteiger partial charge in [0, 0.05) is 26.9 Å². The van der Waals surface area contributed by atoms with Crippen LogP contribution in [-0.2, 0) is 20.0 Å². The maximum atomic E-state index is 5.95. The molecule has 0 amide bonds. The quantitative estimate of drug-likeness (QED) is 0.740. The van der Waals surface area contributed by atoms with Crippen molar-refractivity contribution in [3.05, 3.63) is 17.4 Å². The molecule has 19 heavy (non-hydrogen) atoms. The number of aryl methyl sites for hydroxylation is 5. The minimum Gasteiger partial charge on any atom is -0.369 e. The van der Waals surface area contributed by atoms with Crippen molar-refractivity contribution in [3.8, 4) is 0 Å². The molecule has 0 aromatic carbocycles. The SMILES string of the molecule is Cc1nc(CCn2c(N)nc3c(C)nn(C)c32)no1. The van der Waals surface area contributed by atoms with Crippen molar-refractivity contribution in [1.29, 1.82) is 0 Å². The second kappa shape index (κ2) is 4.08. The first-order chi connectivity index (χ1) is 9.06. The fourth-order valence-corrected chi connectivity index (χ4v) is 2.23. The van der Waals surface area contributed by atoms with Gasteiger partial charge in [0.25, 0.3) is 0 Å². The van der Waals surface area contributed by atoms with E-state index in [9.17, 15) is 0 Å². The number of nitrogens with zero attached hydrogens (tertiary/aromatic N) is 6. The lowest BCUT2D eigenvalue weighted by Gasteiger charge is -2.04. The Bertz CT molecular complexity index is 736. The smallest absolute Gasteiger partial charge is 0.223 e. The molecule has 0 aliphatic carbocycles. The van der Waals surface area contributed by atoms with Crippen molar-refractivity contribution in [2.75, 3.05) is 5.73 Å². The molecule has 3 rings (SSSR count). The van der Waals surface area contributed by atoms with Crippen LogP contribution >= 0.6 is 0 Å². The number of nitrogens with two attached hydrogens (primary N) is 1. The minimum atomic E-state index is 0.478. The second-order valence-electron chi connectivity index (χ2n) is 4.48. The summed E-state index contributed by atoms with van der Waals surface area (Å²) >= 11 is 0. The fourth-order valence-electron chi connectivity index (χ4n) is 2.23. The highest BCUT2D eigenvalue weighted by Gasteiger charge is 2.16. The molecule has 0 atom stereocenters. The first kappa shape index (κ1) is 11.7. The number of hydrogen-bond donors (Lipinski definition) is 1. The lowest BCUT2D eigenvalue weighted by molar-refractivity contribution is 0.386. The van der Waals surface area contributed by atoms with Crippen LogP contribution in [0.2, 0.25) is 0 Å². The van der Waals surface area contributed by atoms with E-state index in [2.05, 4.69) is 20.2 Å². The molecule has 8 nitrogen and oxygen atoms in total. The molecular formula is C11H15N7O. The van der Waals surface area contributed by atoms with Crippen LogP contribution in [0.1, 0.15) is 17.4 Å². The van der Waals surface area contributed by atoms with E-state index in [1.807, 2.05) is 18.5 Å². The van der Waals surface area contributed by atoms with Crippen molar-refractivity contribution < 1.29 is 4.52 Å². The Kier molecular flexibility index (Phi) is 2.51. The topological polar surface area (TPSA) is 101 Å². The van der Waals surface area contributed by atoms with E-state index in [0.29, 0.717) is 30.6 Å². The molecule has 0 bridgehead atoms. The van der Waals surface area contributed by atoms with Gasteiger partial charge in [-0.3, -0.25) is 9.25 Å². The van der Waals surface area contributed by atoms with Gasteiger partial charge in [0.2, 0.25) is 11.8 Å². The predicted octanol–water partition coefficient (Wildman–Crippen LogP) is 0.595. The first-order valence-corrected chi connectivity index (χ1v) is 6.00. The average molecular weight is 261 g/mol. The Balaban J connectivity index is 1.94.